The maximum absolute atomic E-state index is 8.19. The van der Waals surface area contributed by atoms with Crippen molar-refractivity contribution in [2.45, 2.75) is 0 Å². The van der Waals surface area contributed by atoms with Crippen molar-refractivity contribution in [3.63, 3.8) is 0 Å². The fourth-order valence-corrected chi connectivity index (χ4v) is 7.90. The average Bonchev–Trinajstić information content (AvgIpc) is 3.45. The topological polar surface area (TPSA) is 0 Å². The first-order chi connectivity index (χ1) is 22.1. The maximum atomic E-state index is 8.19. The normalized spacial score (nSPS) is 12.4. The molecule has 0 bridgehead atoms. The molecule has 0 saturated heterocycles. The van der Waals surface area contributed by atoms with Gasteiger partial charge in [-0.2, -0.15) is 0 Å². The lowest BCUT2D eigenvalue weighted by Crippen LogP contribution is -1.91. The number of hydrogen-bond acceptors (Lipinski definition) is 1. The molecule has 0 amide bonds. The van der Waals surface area contributed by atoms with Crippen LogP contribution in [0.15, 0.2) is 158 Å². The second kappa shape index (κ2) is 9.66. The summed E-state index contributed by atoms with van der Waals surface area (Å²) in [6.45, 7) is 0. The predicted molar refractivity (Wildman–Crippen MR) is 188 cm³/mol. The van der Waals surface area contributed by atoms with E-state index in [-0.39, 0.29) is 0 Å². The van der Waals surface area contributed by atoms with E-state index in [0.717, 1.165) is 15.5 Å². The van der Waals surface area contributed by atoms with Crippen LogP contribution in [0.3, 0.4) is 0 Å². The summed E-state index contributed by atoms with van der Waals surface area (Å²) < 4.78 is 18.5. The van der Waals surface area contributed by atoms with Gasteiger partial charge in [0.25, 0.3) is 0 Å². The Morgan fingerprint density at radius 1 is 0.395 bits per heavy atom. The number of hydrogen-bond donors (Lipinski definition) is 0. The van der Waals surface area contributed by atoms with Crippen molar-refractivity contribution in [3.05, 3.63) is 158 Å². The van der Waals surface area contributed by atoms with E-state index >= 15 is 0 Å². The summed E-state index contributed by atoms with van der Waals surface area (Å²) >= 11 is 1.77. The van der Waals surface area contributed by atoms with Crippen molar-refractivity contribution in [2.75, 3.05) is 0 Å². The van der Waals surface area contributed by atoms with Crippen LogP contribution in [-0.2, 0) is 0 Å². The Balaban J connectivity index is 1.27. The van der Waals surface area contributed by atoms with Crippen molar-refractivity contribution < 1.29 is 2.74 Å². The van der Waals surface area contributed by atoms with E-state index in [1.165, 1.54) is 70.4 Å². The SMILES string of the molecule is [2H]c1ccc2cc(-c3ccc(-c4c5ccccc5c(-c5cccc6sc7cc([2H])ccc7c56)c5ccccc45)cc3)ccc2c1. The molecule has 0 spiro atoms. The predicted octanol–water partition coefficient (Wildman–Crippen LogP) is 12.5. The fraction of sp³-hybridized carbons (Fsp3) is 0. The molecule has 0 aliphatic heterocycles. The lowest BCUT2D eigenvalue weighted by Gasteiger charge is -2.18. The average molecular weight is 565 g/mol. The quantitative estimate of drug-likeness (QED) is 0.187. The van der Waals surface area contributed by atoms with Gasteiger partial charge in [0.05, 0.1) is 2.74 Å². The van der Waals surface area contributed by atoms with Crippen molar-refractivity contribution in [3.8, 4) is 33.4 Å². The van der Waals surface area contributed by atoms with Gasteiger partial charge in [0.1, 0.15) is 0 Å². The molecule has 1 heteroatoms. The standard InChI is InChI=1S/C42H26S/c1-2-11-30-26-31(25-22-27(30)10-1)28-20-23-29(24-21-28)40-32-12-3-5-14-34(32)41(35-15-6-4-13-33(35)40)37-17-9-19-39-42(37)36-16-7-8-18-38(36)43-39/h1-26H/i1D,8D. The largest absolute Gasteiger partial charge is 0.135 e. The van der Waals surface area contributed by atoms with E-state index in [4.69, 9.17) is 2.74 Å². The zero-order valence-electron chi connectivity index (χ0n) is 25.3. The van der Waals surface area contributed by atoms with Gasteiger partial charge < -0.3 is 0 Å². The maximum Gasteiger partial charge on any atom is 0.0623 e. The molecular weight excluding hydrogens is 537 g/mol. The van der Waals surface area contributed by atoms with Gasteiger partial charge in [-0.25, -0.2) is 0 Å². The second-order valence-electron chi connectivity index (χ2n) is 11.1. The van der Waals surface area contributed by atoms with Crippen LogP contribution in [0.2, 0.25) is 0 Å². The molecule has 0 aliphatic carbocycles. The highest BCUT2D eigenvalue weighted by Crippen LogP contribution is 2.47. The highest BCUT2D eigenvalue weighted by Gasteiger charge is 2.19. The monoisotopic (exact) mass is 564 g/mol. The molecule has 1 heterocycles. The van der Waals surface area contributed by atoms with Gasteiger partial charge in [-0.1, -0.05) is 139 Å². The van der Waals surface area contributed by atoms with Crippen LogP contribution >= 0.6 is 11.3 Å². The van der Waals surface area contributed by atoms with E-state index in [2.05, 4.69) is 115 Å². The van der Waals surface area contributed by atoms with E-state index in [9.17, 15) is 0 Å². The molecule has 0 saturated carbocycles. The Bertz CT molecular complexity index is 2550. The van der Waals surface area contributed by atoms with Gasteiger partial charge in [-0.15, -0.1) is 11.3 Å². The Kier molecular flexibility index (Phi) is 5.03. The molecule has 43 heavy (non-hydrogen) atoms. The first-order valence-electron chi connectivity index (χ1n) is 15.6. The third kappa shape index (κ3) is 3.82. The van der Waals surface area contributed by atoms with E-state index in [1.54, 1.807) is 11.3 Å². The molecule has 0 fully saturated rings. The zero-order chi connectivity index (χ0) is 30.1. The van der Waals surface area contributed by atoms with Crippen LogP contribution in [0, 0.1) is 0 Å². The summed E-state index contributed by atoms with van der Waals surface area (Å²) in [6, 6.07) is 52.6. The summed E-state index contributed by atoms with van der Waals surface area (Å²) in [6.07, 6.45) is 0. The third-order valence-corrected chi connectivity index (χ3v) is 9.85. The summed E-state index contributed by atoms with van der Waals surface area (Å²) in [5.74, 6) is 0. The van der Waals surface area contributed by atoms with Gasteiger partial charge in [0.2, 0.25) is 0 Å². The van der Waals surface area contributed by atoms with Crippen molar-refractivity contribution >= 4 is 63.8 Å². The molecular formula is C42H26S. The Labute approximate surface area is 256 Å². The molecule has 0 aliphatic rings. The molecule has 0 radical (unpaired) electrons. The Morgan fingerprint density at radius 3 is 1.79 bits per heavy atom. The molecule has 0 atom stereocenters. The van der Waals surface area contributed by atoms with Gasteiger partial charge in [-0.05, 0) is 83.9 Å². The van der Waals surface area contributed by atoms with Gasteiger partial charge >= 0.3 is 0 Å². The first kappa shape index (κ1) is 22.4. The fourth-order valence-electron chi connectivity index (χ4n) is 6.79. The third-order valence-electron chi connectivity index (χ3n) is 8.73. The van der Waals surface area contributed by atoms with Crippen LogP contribution < -0.4 is 0 Å². The van der Waals surface area contributed by atoms with Crippen molar-refractivity contribution in [1.82, 2.24) is 0 Å². The minimum absolute atomic E-state index is 0.535. The lowest BCUT2D eigenvalue weighted by molar-refractivity contribution is 1.63. The lowest BCUT2D eigenvalue weighted by atomic mass is 9.84. The minimum atomic E-state index is 0.535. The van der Waals surface area contributed by atoms with Gasteiger partial charge in [0.15, 0.2) is 0 Å². The Hall–Kier alpha value is -5.24. The van der Waals surface area contributed by atoms with Gasteiger partial charge in [0, 0.05) is 20.2 Å². The Morgan fingerprint density at radius 2 is 1.02 bits per heavy atom. The molecule has 1 aromatic heterocycles. The smallest absolute Gasteiger partial charge is 0.0623 e. The van der Waals surface area contributed by atoms with Crippen LogP contribution in [0.1, 0.15) is 2.74 Å². The second-order valence-corrected chi connectivity index (χ2v) is 12.2. The van der Waals surface area contributed by atoms with E-state index < -0.39 is 0 Å². The summed E-state index contributed by atoms with van der Waals surface area (Å²) in [5, 5.41) is 9.66. The van der Waals surface area contributed by atoms with Gasteiger partial charge in [-0.3, -0.25) is 0 Å². The highest BCUT2D eigenvalue weighted by molar-refractivity contribution is 7.25. The van der Waals surface area contributed by atoms with E-state index in [0.29, 0.717) is 12.1 Å². The molecule has 8 aromatic carbocycles. The molecule has 9 rings (SSSR count). The zero-order valence-corrected chi connectivity index (χ0v) is 24.1. The van der Waals surface area contributed by atoms with Crippen LogP contribution in [0.4, 0.5) is 0 Å². The van der Waals surface area contributed by atoms with Crippen molar-refractivity contribution in [1.29, 1.82) is 0 Å². The van der Waals surface area contributed by atoms with Crippen LogP contribution in [0.5, 0.6) is 0 Å². The van der Waals surface area contributed by atoms with Crippen LogP contribution in [-0.4, -0.2) is 0 Å². The first-order valence-corrected chi connectivity index (χ1v) is 15.4. The molecule has 0 unspecified atom stereocenters. The summed E-state index contributed by atoms with van der Waals surface area (Å²) in [5.41, 5.74) is 7.28. The minimum Gasteiger partial charge on any atom is -0.135 e. The number of rotatable bonds is 3. The number of thiophene rings is 1. The number of benzene rings is 8. The molecule has 0 N–H and O–H groups in total. The van der Waals surface area contributed by atoms with Crippen LogP contribution in [0.25, 0.3) is 85.9 Å². The number of fused-ring (bicyclic) bond motifs is 6. The summed E-state index contributed by atoms with van der Waals surface area (Å²) in [7, 11) is 0. The summed E-state index contributed by atoms with van der Waals surface area (Å²) in [4.78, 5) is 0. The van der Waals surface area contributed by atoms with E-state index in [1.807, 2.05) is 30.3 Å². The molecule has 200 valence electrons. The highest BCUT2D eigenvalue weighted by atomic mass is 32.1. The van der Waals surface area contributed by atoms with Crippen molar-refractivity contribution in [2.24, 2.45) is 0 Å². The molecule has 9 aromatic rings. The molecule has 0 nitrogen and oxygen atoms in total.